The van der Waals surface area contributed by atoms with Crippen molar-refractivity contribution in [3.05, 3.63) is 263 Å². The van der Waals surface area contributed by atoms with Crippen molar-refractivity contribution in [2.24, 2.45) is 0 Å². The highest BCUT2D eigenvalue weighted by molar-refractivity contribution is 6.32. The summed E-state index contributed by atoms with van der Waals surface area (Å²) in [6, 6.07) is 46.9. The summed E-state index contributed by atoms with van der Waals surface area (Å²) in [7, 11) is 0. The van der Waals surface area contributed by atoms with Crippen LogP contribution >= 0.6 is 46.4 Å². The van der Waals surface area contributed by atoms with Crippen LogP contribution in [0.15, 0.2) is 176 Å². The van der Waals surface area contributed by atoms with Crippen LogP contribution in [0, 0.1) is 35.9 Å². The van der Waals surface area contributed by atoms with E-state index < -0.39 is 11.7 Å². The van der Waals surface area contributed by atoms with Crippen molar-refractivity contribution >= 4 is 116 Å². The fraction of sp³-hybridized carbons (Fsp3) is 0.230. The van der Waals surface area contributed by atoms with Crippen LogP contribution in [-0.2, 0) is 19.6 Å². The summed E-state index contributed by atoms with van der Waals surface area (Å²) in [5.74, 6) is 1.37. The Labute approximate surface area is 583 Å². The maximum Gasteiger partial charge on any atom is 0.259 e. The Morgan fingerprint density at radius 2 is 0.763 bits per heavy atom. The van der Waals surface area contributed by atoms with Crippen LogP contribution < -0.4 is 31.9 Å². The highest BCUT2D eigenvalue weighted by Gasteiger charge is 2.22. The van der Waals surface area contributed by atoms with Crippen LogP contribution in [0.25, 0.3) is 0 Å². The molecule has 3 fully saturated rings. The third-order valence-corrected chi connectivity index (χ3v) is 17.4. The number of carbonyl (C=O) groups excluding carboxylic acids is 3. The van der Waals surface area contributed by atoms with Gasteiger partial charge >= 0.3 is 0 Å². The van der Waals surface area contributed by atoms with Gasteiger partial charge in [0.15, 0.2) is 0 Å². The van der Waals surface area contributed by atoms with E-state index in [0.717, 1.165) is 128 Å². The summed E-state index contributed by atoms with van der Waals surface area (Å²) in [5, 5.41) is 45.3. The Bertz CT molecular complexity index is 4060. The van der Waals surface area contributed by atoms with E-state index in [1.807, 2.05) is 111 Å². The van der Waals surface area contributed by atoms with E-state index in [0.29, 0.717) is 97.2 Å². The second-order valence-corrected chi connectivity index (χ2v) is 25.4. The van der Waals surface area contributed by atoms with Gasteiger partial charge in [-0.1, -0.05) is 131 Å². The zero-order valence-corrected chi connectivity index (χ0v) is 56.7. The molecule has 3 aliphatic heterocycles. The van der Waals surface area contributed by atoms with Crippen molar-refractivity contribution < 1.29 is 18.8 Å². The largest absolute Gasteiger partial charge is 0.380 e. The van der Waals surface area contributed by atoms with Crippen LogP contribution in [0.1, 0.15) is 114 Å². The van der Waals surface area contributed by atoms with Crippen LogP contribution in [-0.4, -0.2) is 104 Å². The summed E-state index contributed by atoms with van der Waals surface area (Å²) < 4.78 is 13.8. The van der Waals surface area contributed by atoms with E-state index in [4.69, 9.17) is 62.6 Å². The fourth-order valence-corrected chi connectivity index (χ4v) is 11.8. The van der Waals surface area contributed by atoms with Gasteiger partial charge in [-0.2, -0.15) is 0 Å². The monoisotopic (exact) mass is 1380 g/mol. The molecule has 97 heavy (non-hydrogen) atoms. The molecule has 3 amide bonds. The number of carbonyl (C=O) groups is 3. The molecule has 3 aliphatic rings. The second-order valence-electron chi connectivity index (χ2n) is 23.6. The van der Waals surface area contributed by atoms with Crippen LogP contribution in [0.4, 0.5) is 38.9 Å². The van der Waals surface area contributed by atoms with Gasteiger partial charge in [-0.25, -0.2) is 19.3 Å². The quantitative estimate of drug-likeness (QED) is 0.0288. The van der Waals surface area contributed by atoms with Gasteiger partial charge in [0.2, 0.25) is 0 Å². The topological polar surface area (TPSA) is 243 Å². The van der Waals surface area contributed by atoms with Gasteiger partial charge < -0.3 is 46.6 Å². The molecular formula is C74H74Cl4FN15O3. The van der Waals surface area contributed by atoms with Gasteiger partial charge in [0, 0.05) is 111 Å². The number of rotatable bonds is 18. The molecule has 3 aromatic heterocycles. The average molecular weight is 1380 g/mol. The number of likely N-dealkylation sites (tertiary alicyclic amines) is 3. The molecule has 3 saturated heterocycles. The molecule has 0 aliphatic carbocycles. The number of nitrogens with one attached hydrogen (secondary N) is 9. The molecule has 6 heterocycles. The van der Waals surface area contributed by atoms with E-state index in [1.165, 1.54) is 36.8 Å². The summed E-state index contributed by atoms with van der Waals surface area (Å²) in [6.07, 6.45) is 11.3. The number of aromatic nitrogens is 3. The molecule has 498 valence electrons. The van der Waals surface area contributed by atoms with Gasteiger partial charge in [-0.15, -0.1) is 0 Å². The standard InChI is InChI=1S/C25H25Cl2N5O.C25H26ClN5O.C24H23ClFN5O/c1-16-12-20(27)13-21(25(33)31-22-9-8-19(26)15-29-22)23(16)30-14-17-4-6-18(7-5-17)24(28)32-10-2-3-11-32;1-17-4-10-22(21(14-17)25(32)30-23-11-9-20(26)16-29-23)28-15-18-5-7-19(8-6-18)24(27)31-12-2-3-13-31;25-18-7-10-22(29-15-18)30-24(32)20-13-19(26)8-9-21(20)28-14-16-3-5-17(6-4-16)23(27)31-11-1-2-12-31/h4-9,12-13,15,28,30H,2-3,10-11,14H2,1H3,(H,29,31,33);4-11,14,16,27-28H,2-3,12-13,15H2,1H3,(H,29,30,32);3-10,13,15,27-28H,1-2,11-12,14H2,(H,29,30,32). The molecular weight excluding hydrogens is 1310 g/mol. The molecule has 9 N–H and O–H groups in total. The highest BCUT2D eigenvalue weighted by Crippen LogP contribution is 2.29. The minimum absolute atomic E-state index is 0.175. The summed E-state index contributed by atoms with van der Waals surface area (Å²) >= 11 is 23.8. The van der Waals surface area contributed by atoms with E-state index in [-0.39, 0.29) is 17.4 Å². The second kappa shape index (κ2) is 33.6. The maximum absolute atomic E-state index is 13.8. The van der Waals surface area contributed by atoms with E-state index in [2.05, 4.69) is 61.6 Å². The lowest BCUT2D eigenvalue weighted by atomic mass is 10.1. The number of hydrogen-bond acceptors (Lipinski definition) is 12. The number of nitrogens with zero attached hydrogens (tertiary/aromatic N) is 6. The van der Waals surface area contributed by atoms with Crippen LogP contribution in [0.3, 0.4) is 0 Å². The first-order chi connectivity index (χ1) is 46.9. The van der Waals surface area contributed by atoms with Gasteiger partial charge in [0.05, 0.1) is 37.4 Å². The molecule has 0 radical (unpaired) electrons. The minimum Gasteiger partial charge on any atom is -0.380 e. The number of amides is 3. The van der Waals surface area contributed by atoms with Gasteiger partial charge in [0.25, 0.3) is 17.7 Å². The minimum atomic E-state index is -0.505. The Kier molecular flexibility index (Phi) is 24.2. The van der Waals surface area contributed by atoms with E-state index in [9.17, 15) is 18.8 Å². The van der Waals surface area contributed by atoms with Gasteiger partial charge in [-0.3, -0.25) is 30.6 Å². The first-order valence-electron chi connectivity index (χ1n) is 31.9. The molecule has 23 heteroatoms. The van der Waals surface area contributed by atoms with Crippen LogP contribution in [0.2, 0.25) is 20.1 Å². The van der Waals surface area contributed by atoms with Gasteiger partial charge in [0.1, 0.15) is 40.8 Å². The summed E-state index contributed by atoms with van der Waals surface area (Å²) in [5.41, 5.74) is 10.8. The number of anilines is 6. The van der Waals surface area contributed by atoms with Gasteiger partial charge in [-0.05, 0) is 153 Å². The zero-order chi connectivity index (χ0) is 68.4. The molecule has 0 unspecified atom stereocenters. The predicted octanol–water partition coefficient (Wildman–Crippen LogP) is 16.5. The fourth-order valence-electron chi connectivity index (χ4n) is 11.2. The van der Waals surface area contributed by atoms with Crippen LogP contribution in [0.5, 0.6) is 0 Å². The van der Waals surface area contributed by atoms with Crippen molar-refractivity contribution in [3.63, 3.8) is 0 Å². The number of amidine groups is 3. The molecule has 0 atom stereocenters. The number of aryl methyl sites for hydroxylation is 2. The summed E-state index contributed by atoms with van der Waals surface area (Å²) in [6.45, 7) is 11.1. The van der Waals surface area contributed by atoms with E-state index in [1.54, 1.807) is 42.5 Å². The van der Waals surface area contributed by atoms with Crippen molar-refractivity contribution in [3.8, 4) is 0 Å². The Morgan fingerprint density at radius 3 is 1.13 bits per heavy atom. The molecule has 18 nitrogen and oxygen atoms in total. The molecule has 12 rings (SSSR count). The Morgan fingerprint density at radius 1 is 0.412 bits per heavy atom. The van der Waals surface area contributed by atoms with Crippen molar-refractivity contribution in [2.45, 2.75) is 72.0 Å². The molecule has 0 bridgehead atoms. The number of hydrogen-bond donors (Lipinski definition) is 9. The number of halogens is 5. The lowest BCUT2D eigenvalue weighted by Crippen LogP contribution is -2.27. The molecule has 6 aromatic carbocycles. The lowest BCUT2D eigenvalue weighted by Gasteiger charge is -2.19. The van der Waals surface area contributed by atoms with E-state index >= 15 is 0 Å². The number of benzene rings is 6. The lowest BCUT2D eigenvalue weighted by molar-refractivity contribution is 0.101. The first kappa shape index (κ1) is 69.9. The first-order valence-corrected chi connectivity index (χ1v) is 33.4. The summed E-state index contributed by atoms with van der Waals surface area (Å²) in [4.78, 5) is 57.2. The maximum atomic E-state index is 13.8. The smallest absolute Gasteiger partial charge is 0.259 e. The van der Waals surface area contributed by atoms with Crippen molar-refractivity contribution in [2.75, 3.05) is 71.2 Å². The molecule has 9 aromatic rings. The normalized spacial score (nSPS) is 13.1. The third-order valence-electron chi connectivity index (χ3n) is 16.5. The molecule has 0 spiro atoms. The zero-order valence-electron chi connectivity index (χ0n) is 53.6. The Balaban J connectivity index is 0.000000158. The average Bonchev–Trinajstić information content (AvgIpc) is 1.14. The highest BCUT2D eigenvalue weighted by atomic mass is 35.5. The van der Waals surface area contributed by atoms with Crippen molar-refractivity contribution in [1.82, 2.24) is 29.7 Å². The number of pyridine rings is 3. The van der Waals surface area contributed by atoms with Crippen molar-refractivity contribution in [1.29, 1.82) is 16.2 Å². The molecule has 0 saturated carbocycles. The Hall–Kier alpha value is -9.92. The SMILES string of the molecule is Cc1cc(Cl)cc(C(=O)Nc2ccc(Cl)cn2)c1NCc1ccc(C(=N)N2CCCC2)cc1.Cc1ccc(NCc2ccc(C(=N)N3CCCC3)cc2)c(C(=O)Nc2ccc(Cl)cn2)c1.N=C(c1ccc(CNc2ccc(F)cc2C(=O)Nc2ccc(Cl)cn2)cc1)N1CCCC1. The third kappa shape index (κ3) is 19.6. The predicted molar refractivity (Wildman–Crippen MR) is 390 cm³/mol.